The van der Waals surface area contributed by atoms with E-state index < -0.39 is 0 Å². The lowest BCUT2D eigenvalue weighted by Gasteiger charge is -2.08. The van der Waals surface area contributed by atoms with Crippen molar-refractivity contribution in [3.8, 4) is 11.1 Å². The van der Waals surface area contributed by atoms with Crippen molar-refractivity contribution < 1.29 is 5.21 Å². The molecule has 0 spiro atoms. The summed E-state index contributed by atoms with van der Waals surface area (Å²) in [6, 6.07) is 16.5. The van der Waals surface area contributed by atoms with Crippen LogP contribution >= 0.6 is 0 Å². The van der Waals surface area contributed by atoms with Crippen LogP contribution in [0.5, 0.6) is 0 Å². The monoisotopic (exact) mass is 213 g/mol. The Balaban J connectivity index is 2.43. The van der Waals surface area contributed by atoms with E-state index in [2.05, 4.69) is 36.7 Å². The molecule has 16 heavy (non-hydrogen) atoms. The molecule has 0 aromatic heterocycles. The molecule has 0 fully saturated rings. The Bertz CT molecular complexity index is 465. The highest BCUT2D eigenvalue weighted by atomic mass is 16.5. The van der Waals surface area contributed by atoms with Crippen LogP contribution in [0.25, 0.3) is 11.1 Å². The van der Waals surface area contributed by atoms with Crippen molar-refractivity contribution in [2.75, 3.05) is 0 Å². The Morgan fingerprint density at radius 2 is 1.81 bits per heavy atom. The van der Waals surface area contributed by atoms with Crippen molar-refractivity contribution in [1.82, 2.24) is 5.48 Å². The fraction of sp³-hybridized carbons (Fsp3) is 0.143. The minimum absolute atomic E-state index is 0.472. The van der Waals surface area contributed by atoms with Crippen molar-refractivity contribution >= 4 is 0 Å². The van der Waals surface area contributed by atoms with E-state index in [0.717, 1.165) is 5.56 Å². The summed E-state index contributed by atoms with van der Waals surface area (Å²) in [6.45, 7) is 2.57. The minimum atomic E-state index is 0.472. The average molecular weight is 213 g/mol. The standard InChI is InChI=1S/C14H15NO/c1-11-7-8-12(10-15-16)9-14(11)13-5-3-2-4-6-13/h2-9,15-16H,10H2,1H3. The molecule has 0 amide bonds. The molecule has 0 aliphatic rings. The zero-order valence-electron chi connectivity index (χ0n) is 9.27. The summed E-state index contributed by atoms with van der Waals surface area (Å²) in [4.78, 5) is 0. The van der Waals surface area contributed by atoms with Crippen molar-refractivity contribution in [1.29, 1.82) is 0 Å². The summed E-state index contributed by atoms with van der Waals surface area (Å²) in [7, 11) is 0. The number of benzene rings is 2. The summed E-state index contributed by atoms with van der Waals surface area (Å²) in [6.07, 6.45) is 0. The second-order valence-corrected chi connectivity index (χ2v) is 3.85. The molecule has 0 heterocycles. The molecule has 0 saturated carbocycles. The second-order valence-electron chi connectivity index (χ2n) is 3.85. The molecule has 0 aliphatic carbocycles. The van der Waals surface area contributed by atoms with Gasteiger partial charge in [-0.3, -0.25) is 0 Å². The maximum Gasteiger partial charge on any atom is 0.0458 e. The van der Waals surface area contributed by atoms with Crippen LogP contribution in [-0.4, -0.2) is 5.21 Å². The van der Waals surface area contributed by atoms with Crippen LogP contribution in [0.4, 0.5) is 0 Å². The lowest BCUT2D eigenvalue weighted by Crippen LogP contribution is -2.06. The average Bonchev–Trinajstić information content (AvgIpc) is 2.33. The predicted molar refractivity (Wildman–Crippen MR) is 65.2 cm³/mol. The van der Waals surface area contributed by atoms with E-state index in [1.165, 1.54) is 16.7 Å². The van der Waals surface area contributed by atoms with Gasteiger partial charge in [0.2, 0.25) is 0 Å². The van der Waals surface area contributed by atoms with E-state index in [1.807, 2.05) is 24.3 Å². The third-order valence-electron chi connectivity index (χ3n) is 2.67. The summed E-state index contributed by atoms with van der Waals surface area (Å²) in [5.41, 5.74) is 6.93. The molecule has 2 rings (SSSR count). The lowest BCUT2D eigenvalue weighted by molar-refractivity contribution is 0.161. The molecule has 0 bridgehead atoms. The zero-order chi connectivity index (χ0) is 11.4. The van der Waals surface area contributed by atoms with Crippen LogP contribution in [0.2, 0.25) is 0 Å². The fourth-order valence-electron chi connectivity index (χ4n) is 1.80. The normalized spacial score (nSPS) is 10.4. The molecule has 0 radical (unpaired) electrons. The quantitative estimate of drug-likeness (QED) is 0.768. The van der Waals surface area contributed by atoms with Gasteiger partial charge in [-0.05, 0) is 35.2 Å². The fourth-order valence-corrected chi connectivity index (χ4v) is 1.80. The first-order valence-corrected chi connectivity index (χ1v) is 5.33. The van der Waals surface area contributed by atoms with Crippen LogP contribution < -0.4 is 5.48 Å². The highest BCUT2D eigenvalue weighted by Gasteiger charge is 2.02. The van der Waals surface area contributed by atoms with E-state index in [0.29, 0.717) is 6.54 Å². The first-order valence-electron chi connectivity index (χ1n) is 5.33. The third kappa shape index (κ3) is 2.30. The Kier molecular flexibility index (Phi) is 3.34. The Morgan fingerprint density at radius 1 is 1.06 bits per heavy atom. The number of hydroxylamine groups is 1. The van der Waals surface area contributed by atoms with Gasteiger partial charge in [0.25, 0.3) is 0 Å². The molecule has 0 unspecified atom stereocenters. The van der Waals surface area contributed by atoms with E-state index in [1.54, 1.807) is 0 Å². The van der Waals surface area contributed by atoms with E-state index in [9.17, 15) is 0 Å². The summed E-state index contributed by atoms with van der Waals surface area (Å²) < 4.78 is 0. The number of nitrogens with one attached hydrogen (secondary N) is 1. The van der Waals surface area contributed by atoms with E-state index in [4.69, 9.17) is 5.21 Å². The van der Waals surface area contributed by atoms with Gasteiger partial charge >= 0.3 is 0 Å². The maximum absolute atomic E-state index is 8.70. The molecule has 2 nitrogen and oxygen atoms in total. The summed E-state index contributed by atoms with van der Waals surface area (Å²) in [5.74, 6) is 0. The van der Waals surface area contributed by atoms with E-state index >= 15 is 0 Å². The molecule has 0 atom stereocenters. The van der Waals surface area contributed by atoms with Crippen molar-refractivity contribution in [3.63, 3.8) is 0 Å². The summed E-state index contributed by atoms with van der Waals surface area (Å²) >= 11 is 0. The van der Waals surface area contributed by atoms with Gasteiger partial charge < -0.3 is 5.21 Å². The minimum Gasteiger partial charge on any atom is -0.316 e. The summed E-state index contributed by atoms with van der Waals surface area (Å²) in [5, 5.41) is 8.70. The second kappa shape index (κ2) is 4.92. The van der Waals surface area contributed by atoms with Crippen LogP contribution in [0.3, 0.4) is 0 Å². The van der Waals surface area contributed by atoms with Gasteiger partial charge in [-0.2, -0.15) is 0 Å². The molecule has 2 aromatic rings. The molecule has 0 aliphatic heterocycles. The van der Waals surface area contributed by atoms with Crippen LogP contribution in [0.1, 0.15) is 11.1 Å². The predicted octanol–water partition coefficient (Wildman–Crippen LogP) is 3.14. The van der Waals surface area contributed by atoms with Gasteiger partial charge in [0.1, 0.15) is 0 Å². The van der Waals surface area contributed by atoms with E-state index in [-0.39, 0.29) is 0 Å². The maximum atomic E-state index is 8.70. The van der Waals surface area contributed by atoms with Crippen LogP contribution in [0, 0.1) is 6.92 Å². The molecule has 82 valence electrons. The molecule has 2 heteroatoms. The largest absolute Gasteiger partial charge is 0.316 e. The topological polar surface area (TPSA) is 32.3 Å². The Morgan fingerprint density at radius 3 is 2.50 bits per heavy atom. The number of rotatable bonds is 3. The lowest BCUT2D eigenvalue weighted by atomic mass is 9.98. The van der Waals surface area contributed by atoms with Crippen LogP contribution in [0.15, 0.2) is 48.5 Å². The molecule has 0 saturated heterocycles. The molecular weight excluding hydrogens is 198 g/mol. The van der Waals surface area contributed by atoms with Crippen molar-refractivity contribution in [2.45, 2.75) is 13.5 Å². The number of aryl methyl sites for hydroxylation is 1. The molecule has 2 N–H and O–H groups in total. The molecule has 2 aromatic carbocycles. The van der Waals surface area contributed by atoms with Gasteiger partial charge in [-0.25, -0.2) is 5.48 Å². The van der Waals surface area contributed by atoms with Gasteiger partial charge in [0.05, 0.1) is 0 Å². The Hall–Kier alpha value is -1.64. The number of hydrogen-bond acceptors (Lipinski definition) is 2. The molecular formula is C14H15NO. The van der Waals surface area contributed by atoms with Gasteiger partial charge in [-0.1, -0.05) is 42.5 Å². The zero-order valence-corrected chi connectivity index (χ0v) is 9.27. The van der Waals surface area contributed by atoms with Crippen molar-refractivity contribution in [3.05, 3.63) is 59.7 Å². The number of hydrogen-bond donors (Lipinski definition) is 2. The first kappa shape index (κ1) is 10.9. The smallest absolute Gasteiger partial charge is 0.0458 e. The van der Waals surface area contributed by atoms with Gasteiger partial charge in [-0.15, -0.1) is 0 Å². The highest BCUT2D eigenvalue weighted by Crippen LogP contribution is 2.24. The Labute approximate surface area is 95.5 Å². The third-order valence-corrected chi connectivity index (χ3v) is 2.67. The van der Waals surface area contributed by atoms with Gasteiger partial charge in [0.15, 0.2) is 0 Å². The van der Waals surface area contributed by atoms with Crippen LogP contribution in [-0.2, 0) is 6.54 Å². The van der Waals surface area contributed by atoms with Crippen molar-refractivity contribution in [2.24, 2.45) is 0 Å². The highest BCUT2D eigenvalue weighted by molar-refractivity contribution is 5.67. The first-order chi connectivity index (χ1) is 7.81. The van der Waals surface area contributed by atoms with Gasteiger partial charge in [0, 0.05) is 6.54 Å². The SMILES string of the molecule is Cc1ccc(CNO)cc1-c1ccccc1.